The lowest BCUT2D eigenvalue weighted by Gasteiger charge is -2.19. The summed E-state index contributed by atoms with van der Waals surface area (Å²) >= 11 is 1.89. The molecule has 1 aliphatic rings. The highest BCUT2D eigenvalue weighted by molar-refractivity contribution is 7.27. The lowest BCUT2D eigenvalue weighted by Crippen LogP contribution is -2.07. The van der Waals surface area contributed by atoms with Crippen molar-refractivity contribution in [1.82, 2.24) is 4.57 Å². The molecule has 0 bridgehead atoms. The van der Waals surface area contributed by atoms with Gasteiger partial charge in [-0.25, -0.2) is 0 Å². The lowest BCUT2D eigenvalue weighted by atomic mass is 9.92. The van der Waals surface area contributed by atoms with Crippen molar-refractivity contribution in [2.45, 2.75) is 19.3 Å². The fourth-order valence-corrected chi connectivity index (χ4v) is 8.11. The average molecular weight is 532 g/mol. The second-order valence-corrected chi connectivity index (χ2v) is 12.0. The van der Waals surface area contributed by atoms with E-state index in [4.69, 9.17) is 4.42 Å². The number of fused-ring (bicyclic) bond motifs is 12. The highest BCUT2D eigenvalue weighted by atomic mass is 32.1. The molecule has 1 unspecified atom stereocenters. The molecule has 8 aromatic rings. The van der Waals surface area contributed by atoms with Gasteiger partial charge in [-0.1, -0.05) is 97.9 Å². The van der Waals surface area contributed by atoms with Gasteiger partial charge in [-0.15, -0.1) is 11.3 Å². The molecule has 3 heteroatoms. The zero-order valence-corrected chi connectivity index (χ0v) is 22.8. The van der Waals surface area contributed by atoms with Crippen molar-refractivity contribution >= 4 is 70.4 Å². The van der Waals surface area contributed by atoms with Crippen molar-refractivity contribution in [2.75, 3.05) is 0 Å². The lowest BCUT2D eigenvalue weighted by molar-refractivity contribution is 0.669. The average Bonchev–Trinajstić information content (AvgIpc) is 3.68. The molecule has 3 aromatic heterocycles. The zero-order valence-electron chi connectivity index (χ0n) is 22.0. The first-order valence-electron chi connectivity index (χ1n) is 13.9. The number of aromatic nitrogens is 1. The van der Waals surface area contributed by atoms with E-state index in [9.17, 15) is 0 Å². The van der Waals surface area contributed by atoms with E-state index < -0.39 is 0 Å². The van der Waals surface area contributed by atoms with Gasteiger partial charge in [0.15, 0.2) is 5.58 Å². The Morgan fingerprint density at radius 1 is 0.725 bits per heavy atom. The van der Waals surface area contributed by atoms with Gasteiger partial charge in [0.25, 0.3) is 0 Å². The van der Waals surface area contributed by atoms with E-state index in [0.29, 0.717) is 5.92 Å². The van der Waals surface area contributed by atoms with Gasteiger partial charge in [0, 0.05) is 59.2 Å². The molecular weight excluding hydrogens is 506 g/mol. The van der Waals surface area contributed by atoms with Gasteiger partial charge in [0.2, 0.25) is 0 Å². The number of benzene rings is 5. The first-order valence-corrected chi connectivity index (χ1v) is 14.7. The predicted molar refractivity (Wildman–Crippen MR) is 171 cm³/mol. The van der Waals surface area contributed by atoms with Crippen LogP contribution in [0.15, 0.2) is 114 Å². The quantitative estimate of drug-likeness (QED) is 0.217. The number of hydrogen-bond acceptors (Lipinski definition) is 2. The van der Waals surface area contributed by atoms with E-state index >= 15 is 0 Å². The summed E-state index contributed by atoms with van der Waals surface area (Å²) in [4.78, 5) is 0. The van der Waals surface area contributed by atoms with Crippen LogP contribution in [0, 0.1) is 0 Å². The van der Waals surface area contributed by atoms with Gasteiger partial charge in [-0.3, -0.25) is 0 Å². The van der Waals surface area contributed by atoms with Gasteiger partial charge in [-0.2, -0.15) is 0 Å². The van der Waals surface area contributed by atoms with Crippen LogP contribution in [0.2, 0.25) is 0 Å². The molecule has 0 saturated heterocycles. The Morgan fingerprint density at radius 3 is 2.30 bits per heavy atom. The molecule has 9 rings (SSSR count). The summed E-state index contributed by atoms with van der Waals surface area (Å²) in [6, 6.07) is 37.0. The van der Waals surface area contributed by atoms with E-state index in [1.807, 2.05) is 11.3 Å². The number of furan rings is 1. The Hall–Kier alpha value is -4.60. The number of thiophene rings is 1. The van der Waals surface area contributed by atoms with E-state index in [1.54, 1.807) is 0 Å². The fourth-order valence-electron chi connectivity index (χ4n) is 6.84. The van der Waals surface area contributed by atoms with Crippen molar-refractivity contribution in [3.8, 4) is 16.8 Å². The van der Waals surface area contributed by atoms with Crippen molar-refractivity contribution in [2.24, 2.45) is 0 Å². The maximum Gasteiger partial charge on any atom is 0.161 e. The highest BCUT2D eigenvalue weighted by Crippen LogP contribution is 2.51. The Labute approximate surface area is 235 Å². The summed E-state index contributed by atoms with van der Waals surface area (Å²) < 4.78 is 11.9. The Morgan fingerprint density at radius 2 is 1.45 bits per heavy atom. The van der Waals surface area contributed by atoms with Crippen LogP contribution in [-0.2, 0) is 0 Å². The van der Waals surface area contributed by atoms with Crippen molar-refractivity contribution in [3.05, 3.63) is 120 Å². The molecule has 2 nitrogen and oxygen atoms in total. The molecule has 0 N–H and O–H groups in total. The normalized spacial score (nSPS) is 15.2. The Kier molecular flexibility index (Phi) is 4.56. The topological polar surface area (TPSA) is 18.1 Å². The van der Waals surface area contributed by atoms with Crippen molar-refractivity contribution < 1.29 is 4.42 Å². The fraction of sp³-hybridized carbons (Fsp3) is 0.0811. The highest BCUT2D eigenvalue weighted by Gasteiger charge is 2.30. The minimum Gasteiger partial charge on any atom is -0.454 e. The molecule has 1 aliphatic carbocycles. The van der Waals surface area contributed by atoms with Crippen LogP contribution in [0.4, 0.5) is 0 Å². The minimum absolute atomic E-state index is 0.389. The Bertz CT molecular complexity index is 2290. The maximum atomic E-state index is 6.80. The molecule has 40 heavy (non-hydrogen) atoms. The number of hydrogen-bond donors (Lipinski definition) is 0. The monoisotopic (exact) mass is 531 g/mol. The molecule has 3 heterocycles. The number of allylic oxidation sites excluding steroid dienone is 1. The third kappa shape index (κ3) is 2.93. The molecular formula is C37H25NOS. The van der Waals surface area contributed by atoms with Crippen molar-refractivity contribution in [1.29, 1.82) is 0 Å². The zero-order chi connectivity index (χ0) is 26.4. The van der Waals surface area contributed by atoms with Gasteiger partial charge >= 0.3 is 0 Å². The van der Waals surface area contributed by atoms with E-state index in [2.05, 4.69) is 127 Å². The maximum absolute atomic E-state index is 6.80. The second kappa shape index (κ2) is 8.20. The molecule has 0 radical (unpaired) electrons. The van der Waals surface area contributed by atoms with E-state index in [1.165, 1.54) is 69.9 Å². The first-order chi connectivity index (χ1) is 19.8. The van der Waals surface area contributed by atoms with Gasteiger partial charge in [-0.05, 0) is 41.8 Å². The van der Waals surface area contributed by atoms with Gasteiger partial charge in [0.1, 0.15) is 5.58 Å². The van der Waals surface area contributed by atoms with E-state index in [-0.39, 0.29) is 0 Å². The second-order valence-electron chi connectivity index (χ2n) is 10.9. The third-order valence-corrected chi connectivity index (χ3v) is 9.79. The van der Waals surface area contributed by atoms with Gasteiger partial charge < -0.3 is 8.98 Å². The number of para-hydroxylation sites is 1. The molecule has 1 atom stereocenters. The summed E-state index contributed by atoms with van der Waals surface area (Å²) in [5.74, 6) is 0.389. The number of rotatable bonds is 2. The van der Waals surface area contributed by atoms with Gasteiger partial charge in [0.05, 0.1) is 5.52 Å². The summed E-state index contributed by atoms with van der Waals surface area (Å²) in [5.41, 5.74) is 9.44. The molecule has 190 valence electrons. The molecule has 5 aromatic carbocycles. The van der Waals surface area contributed by atoms with Crippen LogP contribution in [0.25, 0.3) is 75.9 Å². The largest absolute Gasteiger partial charge is 0.454 e. The van der Waals surface area contributed by atoms with Crippen molar-refractivity contribution in [3.63, 3.8) is 0 Å². The third-order valence-electron chi connectivity index (χ3n) is 8.60. The molecule has 0 saturated carbocycles. The predicted octanol–water partition coefficient (Wildman–Crippen LogP) is 11.1. The molecule has 0 aliphatic heterocycles. The van der Waals surface area contributed by atoms with Crippen LogP contribution in [-0.4, -0.2) is 4.57 Å². The SMILES string of the molecule is CC1CC=Cc2c1n(-c1ccc(-c3ccccc3)cc1)c1c3oc4ccccc4c3c3sc4ccccc4c3c21. The summed E-state index contributed by atoms with van der Waals surface area (Å²) in [7, 11) is 0. The van der Waals surface area contributed by atoms with E-state index in [0.717, 1.165) is 17.6 Å². The minimum atomic E-state index is 0.389. The number of nitrogens with zero attached hydrogens (tertiary/aromatic N) is 1. The first kappa shape index (κ1) is 22.2. The van der Waals surface area contributed by atoms with Crippen LogP contribution in [0.1, 0.15) is 30.5 Å². The smallest absolute Gasteiger partial charge is 0.161 e. The molecule has 0 fully saturated rings. The standard InChI is InChI=1S/C37H25NOS/c1-22-10-9-15-28-31-32-27-14-6-8-17-30(27)40-37(32)33-26-13-5-7-16-29(26)39-36(33)35(31)38(34(22)28)25-20-18-24(19-21-25)23-11-3-2-4-12-23/h2-9,11-22H,10H2,1H3. The molecule has 0 amide bonds. The molecule has 0 spiro atoms. The van der Waals surface area contributed by atoms with Crippen LogP contribution < -0.4 is 0 Å². The summed E-state index contributed by atoms with van der Waals surface area (Å²) in [5, 5.41) is 6.40. The Balaban J connectivity index is 1.49. The van der Waals surface area contributed by atoms with Crippen LogP contribution in [0.3, 0.4) is 0 Å². The summed E-state index contributed by atoms with van der Waals surface area (Å²) in [6.45, 7) is 2.36. The summed E-state index contributed by atoms with van der Waals surface area (Å²) in [6.07, 6.45) is 5.73. The van der Waals surface area contributed by atoms with Crippen LogP contribution >= 0.6 is 11.3 Å². The van der Waals surface area contributed by atoms with Crippen LogP contribution in [0.5, 0.6) is 0 Å².